The molecule has 0 N–H and O–H groups in total. The SMILES string of the molecule is CCOc1cc(C=CC(=O)OC(C)(C)C)cc(OCC)c1OCC. The van der Waals surface area contributed by atoms with Gasteiger partial charge in [0.1, 0.15) is 5.60 Å². The Morgan fingerprint density at radius 3 is 1.88 bits per heavy atom. The molecular formula is C19H28O5. The quantitative estimate of drug-likeness (QED) is 0.525. The highest BCUT2D eigenvalue weighted by atomic mass is 16.6. The molecule has 0 atom stereocenters. The van der Waals surface area contributed by atoms with E-state index in [1.54, 1.807) is 6.08 Å². The van der Waals surface area contributed by atoms with Gasteiger partial charge >= 0.3 is 5.97 Å². The predicted octanol–water partition coefficient (Wildman–Crippen LogP) is 4.24. The first-order chi connectivity index (χ1) is 11.3. The topological polar surface area (TPSA) is 54.0 Å². The lowest BCUT2D eigenvalue weighted by Crippen LogP contribution is -2.22. The van der Waals surface area contributed by atoms with Crippen LogP contribution in [0.5, 0.6) is 17.2 Å². The van der Waals surface area contributed by atoms with Gasteiger partial charge in [0.2, 0.25) is 5.75 Å². The van der Waals surface area contributed by atoms with Crippen LogP contribution in [-0.4, -0.2) is 31.4 Å². The molecule has 1 rings (SSSR count). The molecule has 0 saturated heterocycles. The fourth-order valence-electron chi connectivity index (χ4n) is 2.01. The smallest absolute Gasteiger partial charge is 0.331 e. The zero-order valence-electron chi connectivity index (χ0n) is 15.5. The minimum atomic E-state index is -0.521. The van der Waals surface area contributed by atoms with Crippen LogP contribution in [0.25, 0.3) is 6.08 Å². The lowest BCUT2D eigenvalue weighted by molar-refractivity contribution is -0.148. The van der Waals surface area contributed by atoms with Crippen LogP contribution in [-0.2, 0) is 9.53 Å². The number of hydrogen-bond donors (Lipinski definition) is 0. The Morgan fingerprint density at radius 1 is 0.958 bits per heavy atom. The van der Waals surface area contributed by atoms with Crippen LogP contribution in [0, 0.1) is 0 Å². The fourth-order valence-corrected chi connectivity index (χ4v) is 2.01. The summed E-state index contributed by atoms with van der Waals surface area (Å²) in [4.78, 5) is 11.8. The first kappa shape index (κ1) is 19.9. The molecule has 0 unspecified atom stereocenters. The molecule has 0 radical (unpaired) electrons. The predicted molar refractivity (Wildman–Crippen MR) is 94.8 cm³/mol. The van der Waals surface area contributed by atoms with Gasteiger partial charge in [-0.3, -0.25) is 0 Å². The molecule has 1 aromatic rings. The van der Waals surface area contributed by atoms with E-state index in [-0.39, 0.29) is 0 Å². The molecule has 0 aliphatic rings. The molecule has 5 nitrogen and oxygen atoms in total. The summed E-state index contributed by atoms with van der Waals surface area (Å²) in [6, 6.07) is 3.63. The molecule has 0 bridgehead atoms. The Hall–Kier alpha value is -2.17. The maximum absolute atomic E-state index is 11.8. The van der Waals surface area contributed by atoms with E-state index in [4.69, 9.17) is 18.9 Å². The van der Waals surface area contributed by atoms with Crippen molar-refractivity contribution in [2.24, 2.45) is 0 Å². The molecule has 5 heteroatoms. The molecule has 0 heterocycles. The van der Waals surface area contributed by atoms with Crippen molar-refractivity contribution >= 4 is 12.0 Å². The van der Waals surface area contributed by atoms with Gasteiger partial charge in [-0.05, 0) is 65.3 Å². The number of ether oxygens (including phenoxy) is 4. The van der Waals surface area contributed by atoms with Crippen molar-refractivity contribution in [2.75, 3.05) is 19.8 Å². The van der Waals surface area contributed by atoms with Gasteiger partial charge in [0, 0.05) is 6.08 Å². The molecule has 0 aliphatic heterocycles. The monoisotopic (exact) mass is 336 g/mol. The molecule has 1 aromatic carbocycles. The Bertz CT molecular complexity index is 543. The molecule has 0 aromatic heterocycles. The third-order valence-electron chi connectivity index (χ3n) is 2.75. The lowest BCUT2D eigenvalue weighted by atomic mass is 10.1. The Morgan fingerprint density at radius 2 is 1.46 bits per heavy atom. The molecule has 0 aliphatic carbocycles. The maximum Gasteiger partial charge on any atom is 0.331 e. The van der Waals surface area contributed by atoms with Gasteiger partial charge in [-0.15, -0.1) is 0 Å². The molecule has 134 valence electrons. The van der Waals surface area contributed by atoms with Crippen molar-refractivity contribution in [2.45, 2.75) is 47.1 Å². The van der Waals surface area contributed by atoms with Gasteiger partial charge in [-0.25, -0.2) is 4.79 Å². The molecule has 0 saturated carbocycles. The summed E-state index contributed by atoms with van der Waals surface area (Å²) >= 11 is 0. The largest absolute Gasteiger partial charge is 0.490 e. The Balaban J connectivity index is 3.12. The third-order valence-corrected chi connectivity index (χ3v) is 2.75. The minimum absolute atomic E-state index is 0.396. The summed E-state index contributed by atoms with van der Waals surface area (Å²) in [6.07, 6.45) is 3.07. The summed E-state index contributed by atoms with van der Waals surface area (Å²) in [5, 5.41) is 0. The van der Waals surface area contributed by atoms with E-state index < -0.39 is 11.6 Å². The molecule has 0 amide bonds. The van der Waals surface area contributed by atoms with Gasteiger partial charge in [0.25, 0.3) is 0 Å². The average molecular weight is 336 g/mol. The fraction of sp³-hybridized carbons (Fsp3) is 0.526. The van der Waals surface area contributed by atoms with Crippen LogP contribution < -0.4 is 14.2 Å². The summed E-state index contributed by atoms with van der Waals surface area (Å²) in [7, 11) is 0. The van der Waals surface area contributed by atoms with E-state index in [0.717, 1.165) is 5.56 Å². The molecule has 24 heavy (non-hydrogen) atoms. The van der Waals surface area contributed by atoms with E-state index in [1.807, 2.05) is 53.7 Å². The lowest BCUT2D eigenvalue weighted by Gasteiger charge is -2.18. The summed E-state index contributed by atoms with van der Waals surface area (Å²) in [6.45, 7) is 12.7. The zero-order chi connectivity index (χ0) is 18.2. The van der Waals surface area contributed by atoms with Crippen LogP contribution in [0.4, 0.5) is 0 Å². The average Bonchev–Trinajstić information content (AvgIpc) is 2.47. The van der Waals surface area contributed by atoms with Crippen molar-refractivity contribution in [1.29, 1.82) is 0 Å². The number of hydrogen-bond acceptors (Lipinski definition) is 5. The van der Waals surface area contributed by atoms with Crippen molar-refractivity contribution in [3.05, 3.63) is 23.8 Å². The highest BCUT2D eigenvalue weighted by Crippen LogP contribution is 2.39. The Labute approximate surface area is 144 Å². The third kappa shape index (κ3) is 6.52. The van der Waals surface area contributed by atoms with Crippen LogP contribution in [0.1, 0.15) is 47.1 Å². The van der Waals surface area contributed by atoms with Crippen LogP contribution in [0.2, 0.25) is 0 Å². The summed E-state index contributed by atoms with van der Waals surface area (Å²) in [5.41, 5.74) is 0.254. The van der Waals surface area contributed by atoms with Crippen LogP contribution in [0.15, 0.2) is 18.2 Å². The molecule has 0 spiro atoms. The van der Waals surface area contributed by atoms with E-state index in [2.05, 4.69) is 0 Å². The second-order valence-corrected chi connectivity index (χ2v) is 6.01. The van der Waals surface area contributed by atoms with E-state index >= 15 is 0 Å². The van der Waals surface area contributed by atoms with Crippen molar-refractivity contribution in [3.8, 4) is 17.2 Å². The van der Waals surface area contributed by atoms with Crippen molar-refractivity contribution in [1.82, 2.24) is 0 Å². The highest BCUT2D eigenvalue weighted by Gasteiger charge is 2.16. The van der Waals surface area contributed by atoms with Gasteiger partial charge in [0.15, 0.2) is 11.5 Å². The number of rotatable bonds is 8. The summed E-state index contributed by atoms with van der Waals surface area (Å²) < 4.78 is 22.2. The van der Waals surface area contributed by atoms with Gasteiger partial charge in [0.05, 0.1) is 19.8 Å². The first-order valence-corrected chi connectivity index (χ1v) is 8.28. The minimum Gasteiger partial charge on any atom is -0.490 e. The van der Waals surface area contributed by atoms with E-state index in [0.29, 0.717) is 37.1 Å². The normalized spacial score (nSPS) is 11.4. The van der Waals surface area contributed by atoms with Gasteiger partial charge < -0.3 is 18.9 Å². The van der Waals surface area contributed by atoms with E-state index in [9.17, 15) is 4.79 Å². The van der Waals surface area contributed by atoms with Crippen LogP contribution >= 0.6 is 0 Å². The summed E-state index contributed by atoms with van der Waals surface area (Å²) in [5.74, 6) is 1.37. The first-order valence-electron chi connectivity index (χ1n) is 8.28. The highest BCUT2D eigenvalue weighted by molar-refractivity contribution is 5.87. The van der Waals surface area contributed by atoms with Crippen LogP contribution in [0.3, 0.4) is 0 Å². The Kier molecular flexibility index (Phi) is 7.62. The maximum atomic E-state index is 11.8. The van der Waals surface area contributed by atoms with E-state index in [1.165, 1.54) is 6.08 Å². The molecular weight excluding hydrogens is 308 g/mol. The standard InChI is InChI=1S/C19H28O5/c1-7-21-15-12-14(10-11-17(20)24-19(4,5)6)13-16(22-8-2)18(15)23-9-3/h10-13H,7-9H2,1-6H3. The molecule has 0 fully saturated rings. The van der Waals surface area contributed by atoms with Crippen molar-refractivity contribution < 1.29 is 23.7 Å². The second-order valence-electron chi connectivity index (χ2n) is 6.01. The second kappa shape index (κ2) is 9.21. The number of benzene rings is 1. The number of esters is 1. The zero-order valence-corrected chi connectivity index (χ0v) is 15.5. The number of carbonyl (C=O) groups excluding carboxylic acids is 1. The van der Waals surface area contributed by atoms with Gasteiger partial charge in [-0.2, -0.15) is 0 Å². The number of carbonyl (C=O) groups is 1. The van der Waals surface area contributed by atoms with Gasteiger partial charge in [-0.1, -0.05) is 0 Å². The van der Waals surface area contributed by atoms with Crippen molar-refractivity contribution in [3.63, 3.8) is 0 Å².